The SMILES string of the molecule is OCCC(O)C(O)O. The van der Waals surface area contributed by atoms with Gasteiger partial charge in [0.1, 0.15) is 6.10 Å². The molecular weight excluding hydrogens is 112 g/mol. The van der Waals surface area contributed by atoms with Gasteiger partial charge in [0.15, 0.2) is 6.29 Å². The molecule has 0 saturated heterocycles. The molecule has 0 fully saturated rings. The Labute approximate surface area is 47.0 Å². The van der Waals surface area contributed by atoms with Crippen LogP contribution < -0.4 is 0 Å². The number of aliphatic hydroxyl groups excluding tert-OH is 3. The smallest absolute Gasteiger partial charge is 0.178 e. The molecule has 50 valence electrons. The third-order valence-electron chi connectivity index (χ3n) is 0.769. The lowest BCUT2D eigenvalue weighted by molar-refractivity contribution is -0.126. The second-order valence-electron chi connectivity index (χ2n) is 1.49. The Bertz CT molecular complexity index is 54.0. The van der Waals surface area contributed by atoms with Crippen LogP contribution in [0.4, 0.5) is 0 Å². The Balaban J connectivity index is 3.17. The van der Waals surface area contributed by atoms with Crippen molar-refractivity contribution in [3.63, 3.8) is 0 Å². The lowest BCUT2D eigenvalue weighted by atomic mass is 10.2. The van der Waals surface area contributed by atoms with E-state index in [0.717, 1.165) is 0 Å². The topological polar surface area (TPSA) is 80.9 Å². The minimum Gasteiger partial charge on any atom is -0.396 e. The van der Waals surface area contributed by atoms with Crippen molar-refractivity contribution in [1.29, 1.82) is 0 Å². The molecule has 0 heterocycles. The molecule has 0 amide bonds. The van der Waals surface area contributed by atoms with E-state index < -0.39 is 12.4 Å². The minimum absolute atomic E-state index is 0.00231. The van der Waals surface area contributed by atoms with Gasteiger partial charge in [-0.3, -0.25) is 0 Å². The van der Waals surface area contributed by atoms with Crippen LogP contribution in [0.1, 0.15) is 6.42 Å². The maximum atomic E-state index is 8.47. The molecule has 4 N–H and O–H groups in total. The molecule has 0 radical (unpaired) electrons. The number of hydrogen-bond donors (Lipinski definition) is 4. The van der Waals surface area contributed by atoms with E-state index >= 15 is 0 Å². The summed E-state index contributed by atoms with van der Waals surface area (Å²) in [5.41, 5.74) is 0. The van der Waals surface area contributed by atoms with E-state index in [9.17, 15) is 0 Å². The lowest BCUT2D eigenvalue weighted by Gasteiger charge is -2.08. The number of rotatable bonds is 3. The average molecular weight is 122 g/mol. The van der Waals surface area contributed by atoms with Gasteiger partial charge in [-0.1, -0.05) is 0 Å². The van der Waals surface area contributed by atoms with Gasteiger partial charge in [0.2, 0.25) is 0 Å². The summed E-state index contributed by atoms with van der Waals surface area (Å²) in [5, 5.41) is 32.9. The van der Waals surface area contributed by atoms with Gasteiger partial charge in [-0.25, -0.2) is 0 Å². The van der Waals surface area contributed by atoms with Gasteiger partial charge < -0.3 is 20.4 Å². The summed E-state index contributed by atoms with van der Waals surface area (Å²) in [5.74, 6) is 0. The zero-order valence-corrected chi connectivity index (χ0v) is 4.36. The maximum Gasteiger partial charge on any atom is 0.178 e. The predicted molar refractivity (Wildman–Crippen MR) is 25.9 cm³/mol. The molecule has 1 atom stereocenters. The molecule has 4 nitrogen and oxygen atoms in total. The van der Waals surface area contributed by atoms with Crippen LogP contribution >= 0.6 is 0 Å². The molecule has 0 aromatic rings. The first kappa shape index (κ1) is 7.84. The summed E-state index contributed by atoms with van der Waals surface area (Å²) < 4.78 is 0. The molecule has 0 bridgehead atoms. The standard InChI is InChI=1S/C4H10O4/c5-2-1-3(6)4(7)8/h3-8H,1-2H2. The van der Waals surface area contributed by atoms with E-state index in [1.807, 2.05) is 0 Å². The summed E-state index contributed by atoms with van der Waals surface area (Å²) in [6, 6.07) is 0. The first-order valence-corrected chi connectivity index (χ1v) is 2.33. The van der Waals surface area contributed by atoms with Crippen molar-refractivity contribution < 1.29 is 20.4 Å². The summed E-state index contributed by atoms with van der Waals surface area (Å²) in [4.78, 5) is 0. The monoisotopic (exact) mass is 122 g/mol. The largest absolute Gasteiger partial charge is 0.396 e. The molecule has 0 spiro atoms. The summed E-state index contributed by atoms with van der Waals surface area (Å²) in [7, 11) is 0. The molecule has 0 saturated carbocycles. The van der Waals surface area contributed by atoms with Gasteiger partial charge in [0.25, 0.3) is 0 Å². The first-order valence-electron chi connectivity index (χ1n) is 2.33. The van der Waals surface area contributed by atoms with Gasteiger partial charge in [0, 0.05) is 13.0 Å². The van der Waals surface area contributed by atoms with E-state index in [2.05, 4.69) is 0 Å². The maximum absolute atomic E-state index is 8.47. The highest BCUT2D eigenvalue weighted by Crippen LogP contribution is 1.92. The van der Waals surface area contributed by atoms with E-state index in [4.69, 9.17) is 20.4 Å². The van der Waals surface area contributed by atoms with Crippen molar-refractivity contribution in [2.75, 3.05) is 6.61 Å². The number of aliphatic hydroxyl groups is 4. The van der Waals surface area contributed by atoms with E-state index in [1.54, 1.807) is 0 Å². The van der Waals surface area contributed by atoms with Crippen molar-refractivity contribution in [3.05, 3.63) is 0 Å². The highest BCUT2D eigenvalue weighted by atomic mass is 16.5. The Morgan fingerprint density at radius 1 is 1.12 bits per heavy atom. The Kier molecular flexibility index (Phi) is 3.72. The highest BCUT2D eigenvalue weighted by molar-refractivity contribution is 4.53. The molecular formula is C4H10O4. The molecule has 0 rings (SSSR count). The van der Waals surface area contributed by atoms with Gasteiger partial charge >= 0.3 is 0 Å². The van der Waals surface area contributed by atoms with Crippen LogP contribution in [0.3, 0.4) is 0 Å². The van der Waals surface area contributed by atoms with Crippen LogP contribution in [0, 0.1) is 0 Å². The van der Waals surface area contributed by atoms with E-state index in [-0.39, 0.29) is 13.0 Å². The van der Waals surface area contributed by atoms with Crippen LogP contribution in [-0.4, -0.2) is 39.4 Å². The zero-order chi connectivity index (χ0) is 6.57. The molecule has 0 aliphatic heterocycles. The molecule has 8 heavy (non-hydrogen) atoms. The van der Waals surface area contributed by atoms with Crippen LogP contribution in [0.15, 0.2) is 0 Å². The van der Waals surface area contributed by atoms with Crippen molar-refractivity contribution in [2.45, 2.75) is 18.8 Å². The Morgan fingerprint density at radius 3 is 1.75 bits per heavy atom. The summed E-state index contributed by atoms with van der Waals surface area (Å²) in [6.07, 6.45) is -2.96. The fourth-order valence-corrected chi connectivity index (χ4v) is 0.281. The third-order valence-corrected chi connectivity index (χ3v) is 0.769. The molecule has 0 aliphatic rings. The molecule has 1 unspecified atom stereocenters. The first-order chi connectivity index (χ1) is 3.68. The van der Waals surface area contributed by atoms with Crippen molar-refractivity contribution >= 4 is 0 Å². The van der Waals surface area contributed by atoms with Gasteiger partial charge in [-0.15, -0.1) is 0 Å². The normalized spacial score (nSPS) is 14.6. The van der Waals surface area contributed by atoms with Gasteiger partial charge in [-0.2, -0.15) is 0 Å². The molecule has 4 heteroatoms. The summed E-state index contributed by atoms with van der Waals surface area (Å²) in [6.45, 7) is -0.237. The molecule has 0 aliphatic carbocycles. The summed E-state index contributed by atoms with van der Waals surface area (Å²) >= 11 is 0. The van der Waals surface area contributed by atoms with Crippen molar-refractivity contribution in [1.82, 2.24) is 0 Å². The van der Waals surface area contributed by atoms with E-state index in [0.29, 0.717) is 0 Å². The van der Waals surface area contributed by atoms with Crippen molar-refractivity contribution in [3.8, 4) is 0 Å². The van der Waals surface area contributed by atoms with E-state index in [1.165, 1.54) is 0 Å². The van der Waals surface area contributed by atoms with Crippen LogP contribution in [0.5, 0.6) is 0 Å². The zero-order valence-electron chi connectivity index (χ0n) is 4.36. The van der Waals surface area contributed by atoms with Crippen LogP contribution in [0.2, 0.25) is 0 Å². The highest BCUT2D eigenvalue weighted by Gasteiger charge is 2.10. The average Bonchev–Trinajstić information content (AvgIpc) is 1.67. The van der Waals surface area contributed by atoms with Crippen LogP contribution in [-0.2, 0) is 0 Å². The second kappa shape index (κ2) is 3.80. The quantitative estimate of drug-likeness (QED) is 0.328. The van der Waals surface area contributed by atoms with Crippen LogP contribution in [0.25, 0.3) is 0 Å². The predicted octanol–water partition coefficient (Wildman–Crippen LogP) is -1.96. The van der Waals surface area contributed by atoms with Gasteiger partial charge in [-0.05, 0) is 0 Å². The fourth-order valence-electron chi connectivity index (χ4n) is 0.281. The Morgan fingerprint density at radius 2 is 1.62 bits per heavy atom. The van der Waals surface area contributed by atoms with Crippen molar-refractivity contribution in [2.24, 2.45) is 0 Å². The molecule has 0 aromatic heterocycles. The molecule has 0 aromatic carbocycles. The lowest BCUT2D eigenvalue weighted by Crippen LogP contribution is -2.25. The third kappa shape index (κ3) is 2.92. The fraction of sp³-hybridized carbons (Fsp3) is 1.00. The van der Waals surface area contributed by atoms with Gasteiger partial charge in [0.05, 0.1) is 0 Å². The Hall–Kier alpha value is -0.160. The second-order valence-corrected chi connectivity index (χ2v) is 1.49. The minimum atomic E-state index is -1.73. The number of hydrogen-bond acceptors (Lipinski definition) is 4.